The van der Waals surface area contributed by atoms with Gasteiger partial charge in [0.2, 0.25) is 5.88 Å². The van der Waals surface area contributed by atoms with Crippen LogP contribution in [-0.4, -0.2) is 16.3 Å². The van der Waals surface area contributed by atoms with E-state index in [1.54, 1.807) is 0 Å². The van der Waals surface area contributed by atoms with E-state index in [0.717, 1.165) is 23.2 Å². The van der Waals surface area contributed by atoms with Crippen molar-refractivity contribution in [1.82, 2.24) is 10.2 Å². The van der Waals surface area contributed by atoms with E-state index >= 15 is 0 Å². The van der Waals surface area contributed by atoms with Crippen molar-refractivity contribution in [3.05, 3.63) is 16.8 Å². The summed E-state index contributed by atoms with van der Waals surface area (Å²) < 4.78 is 5.83. The van der Waals surface area contributed by atoms with Crippen LogP contribution in [0.3, 0.4) is 0 Å². The first kappa shape index (κ1) is 13.9. The summed E-state index contributed by atoms with van der Waals surface area (Å²) in [7, 11) is 0. The van der Waals surface area contributed by atoms with Gasteiger partial charge in [-0.15, -0.1) is 5.10 Å². The number of nitrogens with two attached hydrogens (primary N) is 1. The summed E-state index contributed by atoms with van der Waals surface area (Å²) in [6, 6.07) is 0. The molecule has 0 saturated heterocycles. The highest BCUT2D eigenvalue weighted by molar-refractivity contribution is 5.35. The standard InChI is InChI=1S/C13H23N3O/c1-8(2)6-9(3)17-13-12(7-14)10(4)11(5)15-16-13/h8-9H,6-7,14H2,1-5H3. The van der Waals surface area contributed by atoms with Crippen LogP contribution in [0.5, 0.6) is 5.88 Å². The highest BCUT2D eigenvalue weighted by atomic mass is 16.5. The fourth-order valence-corrected chi connectivity index (χ4v) is 1.87. The van der Waals surface area contributed by atoms with Gasteiger partial charge in [0.05, 0.1) is 11.8 Å². The predicted octanol–water partition coefficient (Wildman–Crippen LogP) is 2.37. The van der Waals surface area contributed by atoms with Gasteiger partial charge in [-0.25, -0.2) is 0 Å². The molecule has 4 nitrogen and oxygen atoms in total. The molecule has 0 fully saturated rings. The normalized spacial score (nSPS) is 12.9. The molecule has 1 atom stereocenters. The SMILES string of the molecule is Cc1nnc(OC(C)CC(C)C)c(CN)c1C. The monoisotopic (exact) mass is 237 g/mol. The molecular formula is C13H23N3O. The molecular weight excluding hydrogens is 214 g/mol. The Labute approximate surface area is 104 Å². The van der Waals surface area contributed by atoms with Crippen molar-refractivity contribution in [1.29, 1.82) is 0 Å². The fourth-order valence-electron chi connectivity index (χ4n) is 1.87. The third kappa shape index (κ3) is 3.66. The van der Waals surface area contributed by atoms with Crippen molar-refractivity contribution in [2.75, 3.05) is 0 Å². The molecule has 0 amide bonds. The zero-order valence-electron chi connectivity index (χ0n) is 11.4. The molecule has 1 unspecified atom stereocenters. The lowest BCUT2D eigenvalue weighted by Crippen LogP contribution is -2.18. The third-order valence-corrected chi connectivity index (χ3v) is 2.86. The van der Waals surface area contributed by atoms with Crippen LogP contribution in [0.1, 0.15) is 44.0 Å². The van der Waals surface area contributed by atoms with Crippen LogP contribution in [0, 0.1) is 19.8 Å². The lowest BCUT2D eigenvalue weighted by Gasteiger charge is -2.18. The number of hydrogen-bond acceptors (Lipinski definition) is 4. The molecule has 0 aromatic carbocycles. The van der Waals surface area contributed by atoms with Crippen LogP contribution in [0.25, 0.3) is 0 Å². The van der Waals surface area contributed by atoms with E-state index in [1.807, 2.05) is 13.8 Å². The molecule has 1 aromatic heterocycles. The van der Waals surface area contributed by atoms with Crippen LogP contribution in [-0.2, 0) is 6.54 Å². The second-order valence-corrected chi connectivity index (χ2v) is 4.96. The van der Waals surface area contributed by atoms with Crippen molar-refractivity contribution < 1.29 is 4.74 Å². The smallest absolute Gasteiger partial charge is 0.238 e. The maximum absolute atomic E-state index is 5.83. The molecule has 0 aliphatic carbocycles. The summed E-state index contributed by atoms with van der Waals surface area (Å²) in [6.45, 7) is 10.8. The predicted molar refractivity (Wildman–Crippen MR) is 68.9 cm³/mol. The Kier molecular flexibility index (Phi) is 4.87. The zero-order valence-corrected chi connectivity index (χ0v) is 11.4. The number of hydrogen-bond donors (Lipinski definition) is 1. The topological polar surface area (TPSA) is 61.0 Å². The van der Waals surface area contributed by atoms with E-state index in [-0.39, 0.29) is 6.10 Å². The largest absolute Gasteiger partial charge is 0.473 e. The van der Waals surface area contributed by atoms with Gasteiger partial charge < -0.3 is 10.5 Å². The van der Waals surface area contributed by atoms with E-state index in [2.05, 4.69) is 31.0 Å². The fraction of sp³-hybridized carbons (Fsp3) is 0.692. The average molecular weight is 237 g/mol. The molecule has 1 heterocycles. The van der Waals surface area contributed by atoms with Crippen LogP contribution >= 0.6 is 0 Å². The van der Waals surface area contributed by atoms with Gasteiger partial charge in [-0.2, -0.15) is 5.10 Å². The third-order valence-electron chi connectivity index (χ3n) is 2.86. The maximum atomic E-state index is 5.83. The minimum atomic E-state index is 0.136. The van der Waals surface area contributed by atoms with E-state index in [1.165, 1.54) is 0 Å². The Morgan fingerprint density at radius 3 is 2.35 bits per heavy atom. The van der Waals surface area contributed by atoms with Crippen molar-refractivity contribution >= 4 is 0 Å². The van der Waals surface area contributed by atoms with Gasteiger partial charge in [0.15, 0.2) is 0 Å². The second kappa shape index (κ2) is 5.96. The molecule has 1 rings (SSSR count). The van der Waals surface area contributed by atoms with Crippen molar-refractivity contribution in [3.63, 3.8) is 0 Å². The highest BCUT2D eigenvalue weighted by Gasteiger charge is 2.14. The molecule has 4 heteroatoms. The molecule has 1 aromatic rings. The van der Waals surface area contributed by atoms with Gasteiger partial charge in [-0.3, -0.25) is 0 Å². The van der Waals surface area contributed by atoms with E-state index < -0.39 is 0 Å². The second-order valence-electron chi connectivity index (χ2n) is 4.96. The molecule has 0 spiro atoms. The summed E-state index contributed by atoms with van der Waals surface area (Å²) in [5, 5.41) is 8.19. The Bertz CT molecular complexity index is 377. The number of aryl methyl sites for hydroxylation is 1. The first-order valence-electron chi connectivity index (χ1n) is 6.15. The molecule has 0 saturated carbocycles. The first-order chi connectivity index (χ1) is 7.95. The maximum Gasteiger partial charge on any atom is 0.238 e. The summed E-state index contributed by atoms with van der Waals surface area (Å²) in [6.07, 6.45) is 1.13. The lowest BCUT2D eigenvalue weighted by molar-refractivity contribution is 0.181. The summed E-state index contributed by atoms with van der Waals surface area (Å²) in [4.78, 5) is 0. The Morgan fingerprint density at radius 1 is 1.18 bits per heavy atom. The van der Waals surface area contributed by atoms with Crippen LogP contribution in [0.4, 0.5) is 0 Å². The van der Waals surface area contributed by atoms with Crippen molar-refractivity contribution in [2.45, 2.75) is 53.7 Å². The molecule has 0 bridgehead atoms. The van der Waals surface area contributed by atoms with Gasteiger partial charge in [0.1, 0.15) is 0 Å². The molecule has 2 N–H and O–H groups in total. The van der Waals surface area contributed by atoms with Crippen LogP contribution < -0.4 is 10.5 Å². The Hall–Kier alpha value is -1.16. The van der Waals surface area contributed by atoms with Crippen molar-refractivity contribution in [3.8, 4) is 5.88 Å². The number of rotatable bonds is 5. The number of ether oxygens (including phenoxy) is 1. The van der Waals surface area contributed by atoms with Gasteiger partial charge in [-0.05, 0) is 38.7 Å². The molecule has 0 aliphatic heterocycles. The molecule has 0 aliphatic rings. The lowest BCUT2D eigenvalue weighted by atomic mass is 10.1. The Balaban J connectivity index is 2.87. The van der Waals surface area contributed by atoms with E-state index in [4.69, 9.17) is 10.5 Å². The van der Waals surface area contributed by atoms with E-state index in [0.29, 0.717) is 18.3 Å². The number of nitrogens with zero attached hydrogens (tertiary/aromatic N) is 2. The first-order valence-corrected chi connectivity index (χ1v) is 6.15. The van der Waals surface area contributed by atoms with Crippen LogP contribution in [0.2, 0.25) is 0 Å². The van der Waals surface area contributed by atoms with Gasteiger partial charge >= 0.3 is 0 Å². The van der Waals surface area contributed by atoms with Gasteiger partial charge in [-0.1, -0.05) is 13.8 Å². The van der Waals surface area contributed by atoms with Gasteiger partial charge in [0, 0.05) is 12.1 Å². The summed E-state index contributed by atoms with van der Waals surface area (Å²) in [5.41, 5.74) is 8.70. The zero-order chi connectivity index (χ0) is 13.0. The van der Waals surface area contributed by atoms with Crippen molar-refractivity contribution in [2.24, 2.45) is 11.7 Å². The van der Waals surface area contributed by atoms with Crippen LogP contribution in [0.15, 0.2) is 0 Å². The highest BCUT2D eigenvalue weighted by Crippen LogP contribution is 2.22. The Morgan fingerprint density at radius 2 is 1.82 bits per heavy atom. The molecule has 96 valence electrons. The molecule has 0 radical (unpaired) electrons. The quantitative estimate of drug-likeness (QED) is 0.854. The average Bonchev–Trinajstić information content (AvgIpc) is 2.23. The number of aromatic nitrogens is 2. The minimum Gasteiger partial charge on any atom is -0.473 e. The minimum absolute atomic E-state index is 0.136. The molecule has 17 heavy (non-hydrogen) atoms. The van der Waals surface area contributed by atoms with E-state index in [9.17, 15) is 0 Å². The van der Waals surface area contributed by atoms with Gasteiger partial charge in [0.25, 0.3) is 0 Å². The summed E-state index contributed by atoms with van der Waals surface area (Å²) in [5.74, 6) is 1.19. The summed E-state index contributed by atoms with van der Waals surface area (Å²) >= 11 is 0.